The predicted octanol–water partition coefficient (Wildman–Crippen LogP) is 2.97. The van der Waals surface area contributed by atoms with E-state index in [-0.39, 0.29) is 34.7 Å². The molecule has 10 heteroatoms. The Kier molecular flexibility index (Phi) is 6.82. The van der Waals surface area contributed by atoms with Crippen LogP contribution in [0.5, 0.6) is 5.75 Å². The van der Waals surface area contributed by atoms with Gasteiger partial charge in [0, 0.05) is 24.1 Å². The Morgan fingerprint density at radius 1 is 1.48 bits per heavy atom. The number of halogens is 2. The maximum atomic E-state index is 12.2. The van der Waals surface area contributed by atoms with Gasteiger partial charge in [0.05, 0.1) is 16.8 Å². The van der Waals surface area contributed by atoms with Gasteiger partial charge in [-0.15, -0.1) is 0 Å². The van der Waals surface area contributed by atoms with Gasteiger partial charge in [-0.25, -0.2) is 9.59 Å². The molecular weight excluding hydrogens is 442 g/mol. The van der Waals surface area contributed by atoms with Crippen molar-refractivity contribution in [3.8, 4) is 5.75 Å². The van der Waals surface area contributed by atoms with Crippen LogP contribution in [-0.4, -0.2) is 60.0 Å². The molecule has 1 aromatic carbocycles. The van der Waals surface area contributed by atoms with Gasteiger partial charge in [0.2, 0.25) is 0 Å². The van der Waals surface area contributed by atoms with Crippen LogP contribution in [0.15, 0.2) is 10.5 Å². The van der Waals surface area contributed by atoms with E-state index in [0.717, 1.165) is 0 Å². The van der Waals surface area contributed by atoms with Crippen LogP contribution in [0.4, 0.5) is 10.5 Å². The average molecular weight is 465 g/mol. The molecule has 1 unspecified atom stereocenters. The summed E-state index contributed by atoms with van der Waals surface area (Å²) >= 11 is 9.42. The molecule has 0 aromatic heterocycles. The fraction of sp³-hybridized carbons (Fsp3) is 0.529. The number of piperazine rings is 1. The topological polar surface area (TPSA) is 114 Å². The van der Waals surface area contributed by atoms with E-state index in [9.17, 15) is 14.7 Å². The summed E-state index contributed by atoms with van der Waals surface area (Å²) in [6.07, 6.45) is -0.398. The van der Waals surface area contributed by atoms with E-state index in [1.54, 1.807) is 25.7 Å². The smallest absolute Gasteiger partial charge is 0.410 e. The summed E-state index contributed by atoms with van der Waals surface area (Å²) in [6, 6.07) is 1.20. The van der Waals surface area contributed by atoms with Gasteiger partial charge in [0.25, 0.3) is 0 Å². The molecule has 0 radical (unpaired) electrons. The van der Waals surface area contributed by atoms with Gasteiger partial charge in [0.1, 0.15) is 17.8 Å². The van der Waals surface area contributed by atoms with Gasteiger partial charge >= 0.3 is 12.1 Å². The van der Waals surface area contributed by atoms with Crippen LogP contribution < -0.4 is 15.8 Å². The van der Waals surface area contributed by atoms with Crippen molar-refractivity contribution < 1.29 is 24.2 Å². The molecule has 1 amide bonds. The van der Waals surface area contributed by atoms with Gasteiger partial charge in [-0.1, -0.05) is 11.6 Å². The van der Waals surface area contributed by atoms with Crippen molar-refractivity contribution in [1.82, 2.24) is 10.2 Å². The summed E-state index contributed by atoms with van der Waals surface area (Å²) in [5.41, 5.74) is 5.06. The number of carbonyl (C=O) groups excluding carboxylic acids is 1. The number of carboxylic acid groups (broad SMARTS) is 1. The second-order valence-corrected chi connectivity index (χ2v) is 8.39. The molecule has 1 heterocycles. The number of nitrogen functional groups attached to an aromatic ring is 1. The van der Waals surface area contributed by atoms with Crippen molar-refractivity contribution in [3.05, 3.63) is 21.1 Å². The molecule has 2 rings (SSSR count). The summed E-state index contributed by atoms with van der Waals surface area (Å²) < 4.78 is 11.5. The lowest BCUT2D eigenvalue weighted by molar-refractivity contribution is 0.0178. The molecule has 0 saturated carbocycles. The van der Waals surface area contributed by atoms with Crippen LogP contribution in [0.1, 0.15) is 31.1 Å². The molecular formula is C17H23BrClN3O5. The molecule has 1 atom stereocenters. The maximum absolute atomic E-state index is 12.2. The Morgan fingerprint density at radius 2 is 2.15 bits per heavy atom. The van der Waals surface area contributed by atoms with E-state index >= 15 is 0 Å². The quantitative estimate of drug-likeness (QED) is 0.587. The zero-order valence-electron chi connectivity index (χ0n) is 15.3. The number of carbonyl (C=O) groups is 2. The van der Waals surface area contributed by atoms with Crippen LogP contribution in [0, 0.1) is 0 Å². The lowest BCUT2D eigenvalue weighted by Gasteiger charge is -2.34. The van der Waals surface area contributed by atoms with Crippen molar-refractivity contribution in [2.24, 2.45) is 0 Å². The summed E-state index contributed by atoms with van der Waals surface area (Å²) in [7, 11) is 0. The van der Waals surface area contributed by atoms with E-state index in [1.807, 2.05) is 0 Å². The van der Waals surface area contributed by atoms with E-state index in [0.29, 0.717) is 24.1 Å². The minimum atomic E-state index is -1.23. The minimum Gasteiger partial charge on any atom is -0.489 e. The fourth-order valence-corrected chi connectivity index (χ4v) is 3.22. The monoisotopic (exact) mass is 463 g/mol. The first-order valence-corrected chi connectivity index (χ1v) is 9.51. The largest absolute Gasteiger partial charge is 0.489 e. The molecule has 0 spiro atoms. The van der Waals surface area contributed by atoms with Crippen molar-refractivity contribution in [2.45, 2.75) is 32.4 Å². The number of nitrogens with one attached hydrogen (secondary N) is 1. The number of nitrogens with two attached hydrogens (primary N) is 1. The third-order valence-corrected chi connectivity index (χ3v) is 4.99. The normalized spacial score (nSPS) is 17.5. The van der Waals surface area contributed by atoms with E-state index in [1.165, 1.54) is 6.07 Å². The Hall–Kier alpha value is -1.71. The fourth-order valence-electron chi connectivity index (χ4n) is 2.59. The Balaban J connectivity index is 2.09. The number of benzene rings is 1. The molecule has 8 nitrogen and oxygen atoms in total. The van der Waals surface area contributed by atoms with Crippen molar-refractivity contribution in [3.63, 3.8) is 0 Å². The van der Waals surface area contributed by atoms with E-state index in [2.05, 4.69) is 21.2 Å². The zero-order chi connectivity index (χ0) is 20.4. The lowest BCUT2D eigenvalue weighted by Crippen LogP contribution is -2.55. The van der Waals surface area contributed by atoms with Crippen LogP contribution in [0.2, 0.25) is 5.02 Å². The highest BCUT2D eigenvalue weighted by Gasteiger charge is 2.29. The highest BCUT2D eigenvalue weighted by molar-refractivity contribution is 9.10. The number of nitrogens with zero attached hydrogens (tertiary/aromatic N) is 1. The minimum absolute atomic E-state index is 0.00719. The van der Waals surface area contributed by atoms with Gasteiger partial charge in [-0.2, -0.15) is 0 Å². The number of carboxylic acids is 1. The molecule has 0 bridgehead atoms. The van der Waals surface area contributed by atoms with Crippen molar-refractivity contribution in [1.29, 1.82) is 0 Å². The second kappa shape index (κ2) is 8.53. The van der Waals surface area contributed by atoms with Crippen molar-refractivity contribution >= 4 is 45.3 Å². The Morgan fingerprint density at radius 3 is 2.74 bits per heavy atom. The molecule has 0 aliphatic carbocycles. The SMILES string of the molecule is CC(C)(C)OC(=O)N1CCNC(COc2c(Cl)c(Br)cc(N)c2C(=O)O)C1. The molecule has 150 valence electrons. The van der Waals surface area contributed by atoms with Crippen LogP contribution in [0.25, 0.3) is 0 Å². The first-order chi connectivity index (χ1) is 12.5. The van der Waals surface area contributed by atoms with Crippen LogP contribution >= 0.6 is 27.5 Å². The average Bonchev–Trinajstić information content (AvgIpc) is 2.55. The zero-order valence-corrected chi connectivity index (χ0v) is 17.7. The Bertz CT molecular complexity index is 738. The maximum Gasteiger partial charge on any atom is 0.410 e. The third-order valence-electron chi connectivity index (χ3n) is 3.76. The molecule has 1 saturated heterocycles. The molecule has 4 N–H and O–H groups in total. The lowest BCUT2D eigenvalue weighted by atomic mass is 10.1. The van der Waals surface area contributed by atoms with Crippen LogP contribution in [0.3, 0.4) is 0 Å². The number of ether oxygens (including phenoxy) is 2. The van der Waals surface area contributed by atoms with Gasteiger partial charge in [0.15, 0.2) is 5.75 Å². The van der Waals surface area contributed by atoms with Gasteiger partial charge < -0.3 is 30.5 Å². The first kappa shape index (κ1) is 21.6. The number of rotatable bonds is 4. The number of amides is 1. The first-order valence-electron chi connectivity index (χ1n) is 8.34. The highest BCUT2D eigenvalue weighted by Crippen LogP contribution is 2.39. The number of anilines is 1. The highest BCUT2D eigenvalue weighted by atomic mass is 79.9. The van der Waals surface area contributed by atoms with Crippen molar-refractivity contribution in [2.75, 3.05) is 32.0 Å². The number of hydrogen-bond acceptors (Lipinski definition) is 6. The summed E-state index contributed by atoms with van der Waals surface area (Å²) in [5, 5.41) is 12.8. The van der Waals surface area contributed by atoms with Gasteiger partial charge in [-0.05, 0) is 42.8 Å². The van der Waals surface area contributed by atoms with E-state index in [4.69, 9.17) is 26.8 Å². The molecule has 1 aromatic rings. The van der Waals surface area contributed by atoms with Gasteiger partial charge in [-0.3, -0.25) is 0 Å². The Labute approximate surface area is 171 Å². The third kappa shape index (κ3) is 5.63. The van der Waals surface area contributed by atoms with Crippen LogP contribution in [-0.2, 0) is 4.74 Å². The molecule has 1 fully saturated rings. The summed E-state index contributed by atoms with van der Waals surface area (Å²) in [5.74, 6) is -1.24. The number of aromatic carboxylic acids is 1. The molecule has 1 aliphatic rings. The summed E-state index contributed by atoms with van der Waals surface area (Å²) in [4.78, 5) is 25.3. The second-order valence-electron chi connectivity index (χ2n) is 7.16. The standard InChI is InChI=1S/C17H23BrClN3O5/c1-17(2,3)27-16(25)22-5-4-21-9(7-22)8-26-14-12(15(23)24)11(20)6-10(18)13(14)19/h6,9,21H,4-5,7-8,20H2,1-3H3,(H,23,24). The summed E-state index contributed by atoms with van der Waals surface area (Å²) in [6.45, 7) is 6.96. The van der Waals surface area contributed by atoms with E-state index < -0.39 is 17.7 Å². The number of hydrogen-bond donors (Lipinski definition) is 3. The molecule has 27 heavy (non-hydrogen) atoms. The molecule has 1 aliphatic heterocycles. The predicted molar refractivity (Wildman–Crippen MR) is 106 cm³/mol.